The van der Waals surface area contributed by atoms with Crippen molar-refractivity contribution in [2.45, 2.75) is 64.1 Å². The van der Waals surface area contributed by atoms with Gasteiger partial charge in [-0.25, -0.2) is 0 Å². The van der Waals surface area contributed by atoms with Crippen LogP contribution in [0.1, 0.15) is 56.1 Å². The van der Waals surface area contributed by atoms with Crippen LogP contribution in [0.5, 0.6) is 0 Å². The fourth-order valence-corrected chi connectivity index (χ4v) is 3.84. The zero-order valence-electron chi connectivity index (χ0n) is 14.7. The van der Waals surface area contributed by atoms with E-state index >= 15 is 0 Å². The zero-order chi connectivity index (χ0) is 16.6. The van der Waals surface area contributed by atoms with Crippen LogP contribution in [0.15, 0.2) is 24.3 Å². The predicted octanol–water partition coefficient (Wildman–Crippen LogP) is 2.82. The highest BCUT2D eigenvalue weighted by Crippen LogP contribution is 2.16. The van der Waals surface area contributed by atoms with Crippen molar-refractivity contribution < 1.29 is 4.79 Å². The molecule has 0 aromatic heterocycles. The van der Waals surface area contributed by atoms with Crippen LogP contribution in [0.3, 0.4) is 0 Å². The lowest BCUT2D eigenvalue weighted by Gasteiger charge is -2.21. The average molecular weight is 329 g/mol. The number of hydrogen-bond donors (Lipinski definition) is 2. The Kier molecular flexibility index (Phi) is 6.67. The Morgan fingerprint density at radius 3 is 2.54 bits per heavy atom. The van der Waals surface area contributed by atoms with Crippen LogP contribution in [0.25, 0.3) is 0 Å². The van der Waals surface area contributed by atoms with Gasteiger partial charge < -0.3 is 10.6 Å². The minimum atomic E-state index is 0.166. The highest BCUT2D eigenvalue weighted by Gasteiger charge is 2.18. The second kappa shape index (κ2) is 9.19. The molecule has 4 nitrogen and oxygen atoms in total. The van der Waals surface area contributed by atoms with Crippen LogP contribution >= 0.6 is 0 Å². The predicted molar refractivity (Wildman–Crippen MR) is 97.7 cm³/mol. The molecule has 2 aliphatic heterocycles. The molecule has 2 fully saturated rings. The molecule has 2 aliphatic rings. The molecule has 0 radical (unpaired) electrons. The van der Waals surface area contributed by atoms with Gasteiger partial charge in [0.15, 0.2) is 0 Å². The molecule has 132 valence electrons. The summed E-state index contributed by atoms with van der Waals surface area (Å²) in [6.45, 7) is 5.12. The molecule has 0 aliphatic carbocycles. The first-order valence-corrected chi connectivity index (χ1v) is 9.60. The van der Waals surface area contributed by atoms with E-state index in [1.807, 2.05) is 0 Å². The summed E-state index contributed by atoms with van der Waals surface area (Å²) in [4.78, 5) is 14.7. The van der Waals surface area contributed by atoms with Crippen molar-refractivity contribution in [1.29, 1.82) is 0 Å². The number of likely N-dealkylation sites (tertiary alicyclic amines) is 1. The van der Waals surface area contributed by atoms with E-state index in [0.717, 1.165) is 19.5 Å². The molecule has 1 aromatic rings. The van der Waals surface area contributed by atoms with Gasteiger partial charge in [0.2, 0.25) is 5.91 Å². The van der Waals surface area contributed by atoms with E-state index in [1.165, 1.54) is 56.3 Å². The Morgan fingerprint density at radius 2 is 1.83 bits per heavy atom. The van der Waals surface area contributed by atoms with Gasteiger partial charge in [0, 0.05) is 25.6 Å². The van der Waals surface area contributed by atoms with Crippen LogP contribution in [0.2, 0.25) is 0 Å². The SMILES string of the molecule is O=C(CC1CCCN1)NCc1ccccc1CN1CCCCCC1. The summed E-state index contributed by atoms with van der Waals surface area (Å²) in [5, 5.41) is 6.51. The zero-order valence-corrected chi connectivity index (χ0v) is 14.7. The maximum atomic E-state index is 12.2. The van der Waals surface area contributed by atoms with E-state index in [9.17, 15) is 4.79 Å². The molecule has 2 N–H and O–H groups in total. The smallest absolute Gasteiger partial charge is 0.221 e. The summed E-state index contributed by atoms with van der Waals surface area (Å²) < 4.78 is 0. The summed E-state index contributed by atoms with van der Waals surface area (Å²) in [7, 11) is 0. The van der Waals surface area contributed by atoms with Gasteiger partial charge in [-0.05, 0) is 56.4 Å². The average Bonchev–Trinajstić information content (AvgIpc) is 2.96. The fourth-order valence-electron chi connectivity index (χ4n) is 3.84. The minimum Gasteiger partial charge on any atom is -0.352 e. The fraction of sp³-hybridized carbons (Fsp3) is 0.650. The van der Waals surface area contributed by atoms with Crippen molar-refractivity contribution in [3.8, 4) is 0 Å². The molecule has 4 heteroatoms. The molecule has 0 saturated carbocycles. The number of nitrogens with zero attached hydrogens (tertiary/aromatic N) is 1. The Bertz CT molecular complexity index is 517. The molecule has 2 heterocycles. The van der Waals surface area contributed by atoms with Crippen LogP contribution in [-0.2, 0) is 17.9 Å². The molecule has 1 amide bonds. The Labute approximate surface area is 146 Å². The van der Waals surface area contributed by atoms with Crippen LogP contribution < -0.4 is 10.6 Å². The van der Waals surface area contributed by atoms with Crippen LogP contribution in [-0.4, -0.2) is 36.5 Å². The number of amides is 1. The maximum Gasteiger partial charge on any atom is 0.221 e. The summed E-state index contributed by atoms with van der Waals surface area (Å²) in [6, 6.07) is 8.93. The molecule has 2 saturated heterocycles. The molecular formula is C20H31N3O. The molecular weight excluding hydrogens is 298 g/mol. The topological polar surface area (TPSA) is 44.4 Å². The standard InChI is InChI=1S/C20H31N3O/c24-20(14-19-10-7-11-21-19)22-15-17-8-3-4-9-18(17)16-23-12-5-1-2-6-13-23/h3-4,8-9,19,21H,1-2,5-7,10-16H2,(H,22,24). The summed E-state index contributed by atoms with van der Waals surface area (Å²) in [6.07, 6.45) is 8.28. The van der Waals surface area contributed by atoms with E-state index < -0.39 is 0 Å². The van der Waals surface area contributed by atoms with Crippen molar-refractivity contribution in [3.63, 3.8) is 0 Å². The second-order valence-corrected chi connectivity index (χ2v) is 7.23. The lowest BCUT2D eigenvalue weighted by molar-refractivity contribution is -0.121. The van der Waals surface area contributed by atoms with Gasteiger partial charge >= 0.3 is 0 Å². The first kappa shape index (κ1) is 17.4. The first-order chi connectivity index (χ1) is 11.8. The number of carbonyl (C=O) groups excluding carboxylic acids is 1. The van der Waals surface area contributed by atoms with E-state index in [0.29, 0.717) is 19.0 Å². The highest BCUT2D eigenvalue weighted by atomic mass is 16.1. The molecule has 24 heavy (non-hydrogen) atoms. The Balaban J connectivity index is 1.52. The molecule has 1 unspecified atom stereocenters. The highest BCUT2D eigenvalue weighted by molar-refractivity contribution is 5.76. The van der Waals surface area contributed by atoms with E-state index in [-0.39, 0.29) is 5.91 Å². The lowest BCUT2D eigenvalue weighted by atomic mass is 10.1. The lowest BCUT2D eigenvalue weighted by Crippen LogP contribution is -2.32. The molecule has 3 rings (SSSR count). The third kappa shape index (κ3) is 5.32. The third-order valence-electron chi connectivity index (χ3n) is 5.28. The Hall–Kier alpha value is -1.39. The van der Waals surface area contributed by atoms with Gasteiger partial charge in [0.1, 0.15) is 0 Å². The van der Waals surface area contributed by atoms with Gasteiger partial charge in [-0.1, -0.05) is 37.1 Å². The number of rotatable bonds is 6. The summed E-state index contributed by atoms with van der Waals surface area (Å²) in [5.41, 5.74) is 2.62. The van der Waals surface area contributed by atoms with Gasteiger partial charge in [-0.15, -0.1) is 0 Å². The second-order valence-electron chi connectivity index (χ2n) is 7.23. The molecule has 0 spiro atoms. The summed E-state index contributed by atoms with van der Waals surface area (Å²) >= 11 is 0. The monoisotopic (exact) mass is 329 g/mol. The van der Waals surface area contributed by atoms with E-state index in [2.05, 4.69) is 39.8 Å². The van der Waals surface area contributed by atoms with Gasteiger partial charge in [-0.2, -0.15) is 0 Å². The molecule has 1 aromatic carbocycles. The maximum absolute atomic E-state index is 12.2. The van der Waals surface area contributed by atoms with Gasteiger partial charge in [0.05, 0.1) is 0 Å². The molecule has 0 bridgehead atoms. The van der Waals surface area contributed by atoms with Crippen molar-refractivity contribution in [1.82, 2.24) is 15.5 Å². The number of benzene rings is 1. The number of carbonyl (C=O) groups is 1. The minimum absolute atomic E-state index is 0.166. The van der Waals surface area contributed by atoms with Crippen molar-refractivity contribution in [2.75, 3.05) is 19.6 Å². The number of hydrogen-bond acceptors (Lipinski definition) is 3. The normalized spacial score (nSPS) is 22.2. The van der Waals surface area contributed by atoms with Crippen molar-refractivity contribution >= 4 is 5.91 Å². The van der Waals surface area contributed by atoms with Gasteiger partial charge in [0.25, 0.3) is 0 Å². The summed E-state index contributed by atoms with van der Waals surface area (Å²) in [5.74, 6) is 0.166. The number of nitrogens with one attached hydrogen (secondary N) is 2. The molecule has 1 atom stereocenters. The van der Waals surface area contributed by atoms with E-state index in [4.69, 9.17) is 0 Å². The largest absolute Gasteiger partial charge is 0.352 e. The van der Waals surface area contributed by atoms with Gasteiger partial charge in [-0.3, -0.25) is 9.69 Å². The van der Waals surface area contributed by atoms with Crippen molar-refractivity contribution in [2.24, 2.45) is 0 Å². The Morgan fingerprint density at radius 1 is 1.08 bits per heavy atom. The van der Waals surface area contributed by atoms with E-state index in [1.54, 1.807) is 0 Å². The van der Waals surface area contributed by atoms with Crippen LogP contribution in [0.4, 0.5) is 0 Å². The first-order valence-electron chi connectivity index (χ1n) is 9.60. The third-order valence-corrected chi connectivity index (χ3v) is 5.28. The van der Waals surface area contributed by atoms with Crippen molar-refractivity contribution in [3.05, 3.63) is 35.4 Å². The quantitative estimate of drug-likeness (QED) is 0.843. The van der Waals surface area contributed by atoms with Crippen LogP contribution in [0, 0.1) is 0 Å².